The van der Waals surface area contributed by atoms with Gasteiger partial charge in [-0.3, -0.25) is 4.79 Å². The van der Waals surface area contributed by atoms with Crippen molar-refractivity contribution >= 4 is 48.9 Å². The number of thiazole rings is 1. The van der Waals surface area contributed by atoms with Gasteiger partial charge in [0.2, 0.25) is 4.80 Å². The Morgan fingerprint density at radius 1 is 1.28 bits per heavy atom. The molecular weight excluding hydrogens is 384 g/mol. The van der Waals surface area contributed by atoms with Gasteiger partial charge in [0.25, 0.3) is 10.0 Å². The Morgan fingerprint density at radius 3 is 2.72 bits per heavy atom. The quantitative estimate of drug-likeness (QED) is 0.615. The van der Waals surface area contributed by atoms with Crippen LogP contribution in [-0.4, -0.2) is 33.2 Å². The summed E-state index contributed by atoms with van der Waals surface area (Å²) in [6.07, 6.45) is 0. The molecule has 0 aliphatic heterocycles. The summed E-state index contributed by atoms with van der Waals surface area (Å²) in [6, 6.07) is 8.39. The maximum Gasteiger partial charge on any atom is 0.325 e. The smallest absolute Gasteiger partial charge is 0.325 e. The van der Waals surface area contributed by atoms with Crippen molar-refractivity contribution in [1.29, 1.82) is 0 Å². The van der Waals surface area contributed by atoms with Gasteiger partial charge in [-0.15, -0.1) is 15.7 Å². The number of methoxy groups -OCH3 is 2. The number of benzene rings is 1. The van der Waals surface area contributed by atoms with Crippen molar-refractivity contribution in [1.82, 2.24) is 4.57 Å². The first-order valence-corrected chi connectivity index (χ1v) is 10.2. The number of ether oxygens (including phenoxy) is 2. The van der Waals surface area contributed by atoms with E-state index < -0.39 is 16.0 Å². The van der Waals surface area contributed by atoms with Crippen molar-refractivity contribution in [3.63, 3.8) is 0 Å². The summed E-state index contributed by atoms with van der Waals surface area (Å²) in [5.41, 5.74) is 0.677. The summed E-state index contributed by atoms with van der Waals surface area (Å²) in [5.74, 6) is 0.136. The Bertz CT molecular complexity index is 1080. The van der Waals surface area contributed by atoms with Gasteiger partial charge in [0.1, 0.15) is 16.5 Å². The van der Waals surface area contributed by atoms with Gasteiger partial charge in [0, 0.05) is 0 Å². The summed E-state index contributed by atoms with van der Waals surface area (Å²) in [6.45, 7) is -0.137. The number of sulfonamides is 1. The normalized spacial score (nSPS) is 12.5. The van der Waals surface area contributed by atoms with Crippen molar-refractivity contribution in [3.8, 4) is 5.75 Å². The van der Waals surface area contributed by atoms with Gasteiger partial charge in [-0.25, -0.2) is 0 Å². The molecule has 10 heteroatoms. The van der Waals surface area contributed by atoms with Crippen LogP contribution >= 0.6 is 22.7 Å². The van der Waals surface area contributed by atoms with Crippen LogP contribution in [0.5, 0.6) is 5.75 Å². The number of nitrogens with zero attached hydrogens (tertiary/aromatic N) is 2. The minimum atomic E-state index is -3.85. The molecule has 0 bridgehead atoms. The van der Waals surface area contributed by atoms with Gasteiger partial charge in [-0.05, 0) is 29.6 Å². The number of esters is 1. The number of carbonyl (C=O) groups excluding carboxylic acids is 1. The van der Waals surface area contributed by atoms with E-state index in [1.807, 2.05) is 0 Å². The number of rotatable bonds is 5. The SMILES string of the molecule is COC(=O)Cn1c(=NS(=O)(=O)c2cccs2)sc2cc(OC)ccc21. The zero-order chi connectivity index (χ0) is 18.0. The van der Waals surface area contributed by atoms with E-state index in [1.165, 1.54) is 17.7 Å². The predicted octanol–water partition coefficient (Wildman–Crippen LogP) is 2.24. The third-order valence-corrected chi connectivity index (χ3v) is 7.15. The van der Waals surface area contributed by atoms with E-state index in [9.17, 15) is 13.2 Å². The molecule has 0 saturated carbocycles. The standard InChI is InChI=1S/C15H14N2O5S3/c1-21-10-5-6-11-12(8-10)24-15(17(11)9-13(18)22-2)16-25(19,20)14-4-3-7-23-14/h3-8H,9H2,1-2H3. The lowest BCUT2D eigenvalue weighted by Gasteiger charge is -2.04. The summed E-state index contributed by atoms with van der Waals surface area (Å²) < 4.78 is 41.2. The first-order chi connectivity index (χ1) is 11.9. The second kappa shape index (κ2) is 6.98. The van der Waals surface area contributed by atoms with Gasteiger partial charge < -0.3 is 14.0 Å². The molecule has 0 saturated heterocycles. The van der Waals surface area contributed by atoms with Gasteiger partial charge in [-0.2, -0.15) is 8.42 Å². The van der Waals surface area contributed by atoms with Crippen molar-refractivity contribution in [2.45, 2.75) is 10.8 Å². The summed E-state index contributed by atoms with van der Waals surface area (Å²) in [5, 5.41) is 1.67. The van der Waals surface area contributed by atoms with Gasteiger partial charge in [0.15, 0.2) is 0 Å². The number of hydrogen-bond donors (Lipinski definition) is 0. The third kappa shape index (κ3) is 3.60. The molecule has 3 rings (SSSR count). The van der Waals surface area contributed by atoms with E-state index >= 15 is 0 Å². The van der Waals surface area contributed by atoms with Crippen LogP contribution < -0.4 is 9.54 Å². The first-order valence-electron chi connectivity index (χ1n) is 7.03. The highest BCUT2D eigenvalue weighted by atomic mass is 32.2. The zero-order valence-electron chi connectivity index (χ0n) is 13.3. The first kappa shape index (κ1) is 17.6. The van der Waals surface area contributed by atoms with Crippen LogP contribution in [0.25, 0.3) is 10.2 Å². The van der Waals surface area contributed by atoms with E-state index in [2.05, 4.69) is 4.40 Å². The molecule has 0 fully saturated rings. The molecule has 0 spiro atoms. The molecule has 132 valence electrons. The van der Waals surface area contributed by atoms with Crippen LogP contribution in [0.3, 0.4) is 0 Å². The second-order valence-corrected chi connectivity index (χ2v) is 8.67. The largest absolute Gasteiger partial charge is 0.497 e. The Morgan fingerprint density at radius 2 is 2.08 bits per heavy atom. The molecule has 0 N–H and O–H groups in total. The maximum absolute atomic E-state index is 12.5. The minimum absolute atomic E-state index is 0.137. The van der Waals surface area contributed by atoms with E-state index in [0.29, 0.717) is 11.3 Å². The molecule has 2 heterocycles. The van der Waals surface area contributed by atoms with Crippen molar-refractivity contribution in [2.75, 3.05) is 14.2 Å². The number of carbonyl (C=O) groups is 1. The van der Waals surface area contributed by atoms with Crippen molar-refractivity contribution < 1.29 is 22.7 Å². The predicted molar refractivity (Wildman–Crippen MR) is 95.5 cm³/mol. The van der Waals surface area contributed by atoms with Gasteiger partial charge in [-0.1, -0.05) is 17.4 Å². The molecule has 25 heavy (non-hydrogen) atoms. The molecular formula is C15H14N2O5S3. The van der Waals surface area contributed by atoms with Crippen LogP contribution in [0.4, 0.5) is 0 Å². The van der Waals surface area contributed by atoms with Crippen LogP contribution in [0, 0.1) is 0 Å². The monoisotopic (exact) mass is 398 g/mol. The fourth-order valence-electron chi connectivity index (χ4n) is 2.16. The van der Waals surface area contributed by atoms with E-state index in [-0.39, 0.29) is 15.6 Å². The molecule has 0 aliphatic carbocycles. The Labute approximate surface area is 151 Å². The molecule has 3 aromatic rings. The fraction of sp³-hybridized carbons (Fsp3) is 0.200. The summed E-state index contributed by atoms with van der Waals surface area (Å²) in [7, 11) is -1.03. The molecule has 7 nitrogen and oxygen atoms in total. The number of fused-ring (bicyclic) bond motifs is 1. The van der Waals surface area contributed by atoms with E-state index in [0.717, 1.165) is 27.4 Å². The lowest BCUT2D eigenvalue weighted by molar-refractivity contribution is -0.141. The molecule has 1 aromatic carbocycles. The molecule has 0 amide bonds. The topological polar surface area (TPSA) is 87.0 Å². The minimum Gasteiger partial charge on any atom is -0.497 e. The molecule has 2 aromatic heterocycles. The van der Waals surface area contributed by atoms with Crippen molar-refractivity contribution in [3.05, 3.63) is 40.5 Å². The highest BCUT2D eigenvalue weighted by Gasteiger charge is 2.17. The van der Waals surface area contributed by atoms with Gasteiger partial charge >= 0.3 is 5.97 Å². The lowest BCUT2D eigenvalue weighted by Crippen LogP contribution is -2.22. The lowest BCUT2D eigenvalue weighted by atomic mass is 10.3. The third-order valence-electron chi connectivity index (χ3n) is 3.35. The highest BCUT2D eigenvalue weighted by Crippen LogP contribution is 2.24. The van der Waals surface area contributed by atoms with Crippen LogP contribution in [0.15, 0.2) is 44.3 Å². The average Bonchev–Trinajstić information content (AvgIpc) is 3.23. The molecule has 0 unspecified atom stereocenters. The Balaban J connectivity index is 2.24. The number of thiophene rings is 1. The average molecular weight is 398 g/mol. The van der Waals surface area contributed by atoms with Crippen LogP contribution in [0.2, 0.25) is 0 Å². The summed E-state index contributed by atoms with van der Waals surface area (Å²) in [4.78, 5) is 11.9. The fourth-order valence-corrected chi connectivity index (χ4v) is 5.38. The Hall–Kier alpha value is -2.17. The van der Waals surface area contributed by atoms with Gasteiger partial charge in [0.05, 0.1) is 24.4 Å². The molecule has 0 atom stereocenters. The van der Waals surface area contributed by atoms with Crippen LogP contribution in [-0.2, 0) is 26.1 Å². The van der Waals surface area contributed by atoms with Crippen LogP contribution in [0.1, 0.15) is 0 Å². The van der Waals surface area contributed by atoms with Crippen molar-refractivity contribution in [2.24, 2.45) is 4.40 Å². The Kier molecular flexibility index (Phi) is 4.93. The molecule has 0 aliphatic rings. The van der Waals surface area contributed by atoms with E-state index in [4.69, 9.17) is 9.47 Å². The number of hydrogen-bond acceptors (Lipinski definition) is 7. The summed E-state index contributed by atoms with van der Waals surface area (Å²) >= 11 is 2.25. The second-order valence-electron chi connectivity index (χ2n) is 4.88. The van der Waals surface area contributed by atoms with E-state index in [1.54, 1.807) is 36.8 Å². The molecule has 0 radical (unpaired) electrons. The maximum atomic E-state index is 12.5. The number of aromatic nitrogens is 1. The zero-order valence-corrected chi connectivity index (χ0v) is 15.8. The highest BCUT2D eigenvalue weighted by molar-refractivity contribution is 7.92.